The zero-order valence-corrected chi connectivity index (χ0v) is 11.8. The number of ether oxygens (including phenoxy) is 1. The Balaban J connectivity index is 2.12. The second kappa shape index (κ2) is 5.06. The minimum atomic E-state index is -0.266. The molecule has 0 radical (unpaired) electrons. The van der Waals surface area contributed by atoms with E-state index in [2.05, 4.69) is 19.2 Å². The molecule has 0 saturated carbocycles. The third-order valence-electron chi connectivity index (χ3n) is 3.31. The Morgan fingerprint density at radius 3 is 2.83 bits per heavy atom. The Kier molecular flexibility index (Phi) is 3.83. The van der Waals surface area contributed by atoms with E-state index in [1.54, 1.807) is 13.0 Å². The van der Waals surface area contributed by atoms with E-state index in [1.807, 2.05) is 0 Å². The van der Waals surface area contributed by atoms with Gasteiger partial charge in [-0.05, 0) is 51.3 Å². The third kappa shape index (κ3) is 3.15. The van der Waals surface area contributed by atoms with E-state index in [1.165, 1.54) is 6.07 Å². The van der Waals surface area contributed by atoms with Crippen LogP contribution in [0.5, 0.6) is 0 Å². The lowest BCUT2D eigenvalue weighted by Gasteiger charge is -2.36. The predicted molar refractivity (Wildman–Crippen MR) is 72.8 cm³/mol. The molecule has 1 fully saturated rings. The van der Waals surface area contributed by atoms with Crippen LogP contribution in [0.15, 0.2) is 12.1 Å². The van der Waals surface area contributed by atoms with E-state index in [0.29, 0.717) is 16.6 Å². The monoisotopic (exact) mass is 271 g/mol. The molecule has 2 rings (SSSR count). The summed E-state index contributed by atoms with van der Waals surface area (Å²) in [7, 11) is 0. The van der Waals surface area contributed by atoms with Crippen LogP contribution >= 0.6 is 11.6 Å². The zero-order valence-electron chi connectivity index (χ0n) is 11.0. The summed E-state index contributed by atoms with van der Waals surface area (Å²) < 4.78 is 19.0. The van der Waals surface area contributed by atoms with Crippen LogP contribution in [0.1, 0.15) is 32.3 Å². The van der Waals surface area contributed by atoms with Gasteiger partial charge in [0.15, 0.2) is 0 Å². The summed E-state index contributed by atoms with van der Waals surface area (Å²) in [5.41, 5.74) is 1.30. The van der Waals surface area contributed by atoms with Crippen LogP contribution in [0, 0.1) is 12.7 Å². The summed E-state index contributed by atoms with van der Waals surface area (Å²) in [6.07, 6.45) is 1.86. The topological polar surface area (TPSA) is 21.3 Å². The normalized spacial score (nSPS) is 22.8. The minimum Gasteiger partial charge on any atom is -0.381 e. The molecule has 1 aromatic rings. The van der Waals surface area contributed by atoms with Gasteiger partial charge in [0.05, 0.1) is 16.3 Å². The lowest BCUT2D eigenvalue weighted by atomic mass is 9.94. The van der Waals surface area contributed by atoms with Crippen molar-refractivity contribution < 1.29 is 9.13 Å². The highest BCUT2D eigenvalue weighted by Crippen LogP contribution is 2.30. The molecular weight excluding hydrogens is 253 g/mol. The quantitative estimate of drug-likeness (QED) is 0.872. The standard InChI is InChI=1S/C14H19ClFNO/c1-9-6-13(11(15)7-12(9)16)17-10-4-5-18-14(2,3)8-10/h6-7,10,17H,4-5,8H2,1-3H3. The molecule has 0 aromatic heterocycles. The summed E-state index contributed by atoms with van der Waals surface area (Å²) in [6, 6.07) is 3.44. The molecule has 4 heteroatoms. The van der Waals surface area contributed by atoms with Crippen molar-refractivity contribution in [3.63, 3.8) is 0 Å². The van der Waals surface area contributed by atoms with Crippen LogP contribution in [0.2, 0.25) is 5.02 Å². The molecule has 1 aliphatic heterocycles. The number of benzene rings is 1. The van der Waals surface area contributed by atoms with Gasteiger partial charge >= 0.3 is 0 Å². The van der Waals surface area contributed by atoms with Gasteiger partial charge in [-0.25, -0.2) is 4.39 Å². The first-order valence-electron chi connectivity index (χ1n) is 6.23. The third-order valence-corrected chi connectivity index (χ3v) is 3.62. The molecule has 0 aliphatic carbocycles. The fraction of sp³-hybridized carbons (Fsp3) is 0.571. The highest BCUT2D eigenvalue weighted by molar-refractivity contribution is 6.33. The van der Waals surface area contributed by atoms with Crippen molar-refractivity contribution in [1.82, 2.24) is 0 Å². The molecule has 0 spiro atoms. The number of anilines is 1. The maximum Gasteiger partial charge on any atom is 0.127 e. The van der Waals surface area contributed by atoms with Gasteiger partial charge in [-0.1, -0.05) is 11.6 Å². The first-order valence-corrected chi connectivity index (χ1v) is 6.61. The van der Waals surface area contributed by atoms with E-state index >= 15 is 0 Å². The first kappa shape index (κ1) is 13.6. The van der Waals surface area contributed by atoms with Crippen molar-refractivity contribution >= 4 is 17.3 Å². The Morgan fingerprint density at radius 1 is 1.44 bits per heavy atom. The number of rotatable bonds is 2. The lowest BCUT2D eigenvalue weighted by molar-refractivity contribution is -0.0553. The van der Waals surface area contributed by atoms with Gasteiger partial charge in [-0.2, -0.15) is 0 Å². The highest BCUT2D eigenvalue weighted by atomic mass is 35.5. The molecular formula is C14H19ClFNO. The van der Waals surface area contributed by atoms with Crippen LogP contribution < -0.4 is 5.32 Å². The number of halogens is 2. The van der Waals surface area contributed by atoms with Crippen LogP contribution in [-0.4, -0.2) is 18.2 Å². The lowest BCUT2D eigenvalue weighted by Crippen LogP contribution is -2.40. The molecule has 1 unspecified atom stereocenters. The van der Waals surface area contributed by atoms with Crippen LogP contribution in [0.4, 0.5) is 10.1 Å². The van der Waals surface area contributed by atoms with Crippen molar-refractivity contribution in [3.05, 3.63) is 28.5 Å². The van der Waals surface area contributed by atoms with E-state index < -0.39 is 0 Å². The fourth-order valence-electron chi connectivity index (χ4n) is 2.34. The average molecular weight is 272 g/mol. The second-order valence-corrected chi connectivity index (χ2v) is 5.93. The largest absolute Gasteiger partial charge is 0.381 e. The maximum absolute atomic E-state index is 13.3. The fourth-order valence-corrected chi connectivity index (χ4v) is 2.55. The highest BCUT2D eigenvalue weighted by Gasteiger charge is 2.29. The Labute approximate surface area is 112 Å². The smallest absolute Gasteiger partial charge is 0.127 e. The summed E-state index contributed by atoms with van der Waals surface area (Å²) >= 11 is 6.06. The number of hydrogen-bond acceptors (Lipinski definition) is 2. The van der Waals surface area contributed by atoms with Gasteiger partial charge < -0.3 is 10.1 Å². The first-order chi connectivity index (χ1) is 8.37. The summed E-state index contributed by atoms with van der Waals surface area (Å²) in [5.74, 6) is -0.266. The van der Waals surface area contributed by atoms with Gasteiger partial charge in [-0.3, -0.25) is 0 Å². The molecule has 18 heavy (non-hydrogen) atoms. The van der Waals surface area contributed by atoms with Crippen molar-refractivity contribution in [3.8, 4) is 0 Å². The molecule has 100 valence electrons. The molecule has 1 saturated heterocycles. The van der Waals surface area contributed by atoms with Crippen molar-refractivity contribution in [2.45, 2.75) is 45.3 Å². The van der Waals surface area contributed by atoms with Crippen molar-refractivity contribution in [1.29, 1.82) is 0 Å². The molecule has 1 aromatic carbocycles. The molecule has 1 atom stereocenters. The summed E-state index contributed by atoms with van der Waals surface area (Å²) in [5, 5.41) is 3.83. The maximum atomic E-state index is 13.3. The van der Waals surface area contributed by atoms with Crippen LogP contribution in [0.25, 0.3) is 0 Å². The number of aryl methyl sites for hydroxylation is 1. The molecule has 1 N–H and O–H groups in total. The Hall–Kier alpha value is -0.800. The molecule has 1 aliphatic rings. The molecule has 2 nitrogen and oxygen atoms in total. The van der Waals surface area contributed by atoms with E-state index in [9.17, 15) is 4.39 Å². The molecule has 1 heterocycles. The van der Waals surface area contributed by atoms with E-state index in [0.717, 1.165) is 25.1 Å². The van der Waals surface area contributed by atoms with Gasteiger partial charge in [0.25, 0.3) is 0 Å². The van der Waals surface area contributed by atoms with E-state index in [4.69, 9.17) is 16.3 Å². The van der Waals surface area contributed by atoms with Gasteiger partial charge in [0.1, 0.15) is 5.82 Å². The zero-order chi connectivity index (χ0) is 13.3. The Bertz CT molecular complexity index is 448. The van der Waals surface area contributed by atoms with Gasteiger partial charge in [0.2, 0.25) is 0 Å². The Morgan fingerprint density at radius 2 is 2.17 bits per heavy atom. The molecule has 0 amide bonds. The van der Waals surface area contributed by atoms with Crippen molar-refractivity contribution in [2.24, 2.45) is 0 Å². The number of hydrogen-bond donors (Lipinski definition) is 1. The van der Waals surface area contributed by atoms with Gasteiger partial charge in [-0.15, -0.1) is 0 Å². The predicted octanol–water partition coefficient (Wildman–Crippen LogP) is 4.16. The summed E-state index contributed by atoms with van der Waals surface area (Å²) in [4.78, 5) is 0. The van der Waals surface area contributed by atoms with Crippen LogP contribution in [-0.2, 0) is 4.74 Å². The summed E-state index contributed by atoms with van der Waals surface area (Å²) in [6.45, 7) is 6.64. The van der Waals surface area contributed by atoms with E-state index in [-0.39, 0.29) is 11.4 Å². The SMILES string of the molecule is Cc1cc(NC2CCOC(C)(C)C2)c(Cl)cc1F. The molecule has 0 bridgehead atoms. The second-order valence-electron chi connectivity index (χ2n) is 5.52. The van der Waals surface area contributed by atoms with Gasteiger partial charge in [0, 0.05) is 12.6 Å². The number of nitrogens with one attached hydrogen (secondary N) is 1. The average Bonchev–Trinajstić information content (AvgIpc) is 2.24. The van der Waals surface area contributed by atoms with Crippen LogP contribution in [0.3, 0.4) is 0 Å². The van der Waals surface area contributed by atoms with Crippen molar-refractivity contribution in [2.75, 3.05) is 11.9 Å². The minimum absolute atomic E-state index is 0.114.